The van der Waals surface area contributed by atoms with Crippen molar-refractivity contribution in [3.05, 3.63) is 48.6 Å². The largest absolute Gasteiger partial charge is 0.463 e. The minimum absolute atomic E-state index is 0.149. The smallest absolute Gasteiger partial charge is 0.305 e. The fourth-order valence-corrected chi connectivity index (χ4v) is 4.58. The molecule has 0 aromatic rings. The van der Waals surface area contributed by atoms with Crippen LogP contribution >= 0.6 is 0 Å². The predicted octanol–water partition coefficient (Wildman–Crippen LogP) is 9.50. The molecule has 0 aliphatic heterocycles. The zero-order valence-corrected chi connectivity index (χ0v) is 28.4. The van der Waals surface area contributed by atoms with Crippen LogP contribution in [-0.4, -0.2) is 47.6 Å². The van der Waals surface area contributed by atoms with Crippen molar-refractivity contribution in [1.29, 1.82) is 0 Å². The second kappa shape index (κ2) is 32.2. The molecule has 0 fully saturated rings. The maximum absolute atomic E-state index is 11.9. The van der Waals surface area contributed by atoms with Gasteiger partial charge in [-0.05, 0) is 50.9 Å². The molecule has 0 saturated heterocycles. The SMILES string of the molecule is CCCCC/C=C\C[C@@H](O)/C=C/C=C\C/C=C\CCCC(=O)OC[C@@H](O)COC(=O)CCCCCCCCCCCC(C)C. The van der Waals surface area contributed by atoms with E-state index in [1.165, 1.54) is 64.2 Å². The number of aliphatic hydroxyl groups excluding tert-OH is 2. The summed E-state index contributed by atoms with van der Waals surface area (Å²) in [6, 6.07) is 0. The number of aliphatic hydroxyl groups is 2. The number of hydrogen-bond donors (Lipinski definition) is 2. The third-order valence-corrected chi connectivity index (χ3v) is 7.33. The van der Waals surface area contributed by atoms with E-state index in [4.69, 9.17) is 9.47 Å². The molecule has 0 aromatic carbocycles. The van der Waals surface area contributed by atoms with Crippen molar-refractivity contribution in [3.63, 3.8) is 0 Å². The zero-order chi connectivity index (χ0) is 32.5. The van der Waals surface area contributed by atoms with E-state index in [0.29, 0.717) is 19.3 Å². The third-order valence-electron chi connectivity index (χ3n) is 7.33. The van der Waals surface area contributed by atoms with E-state index in [9.17, 15) is 19.8 Å². The van der Waals surface area contributed by atoms with Gasteiger partial charge in [-0.3, -0.25) is 9.59 Å². The second-order valence-electron chi connectivity index (χ2n) is 12.3. The van der Waals surface area contributed by atoms with E-state index in [-0.39, 0.29) is 31.6 Å². The summed E-state index contributed by atoms with van der Waals surface area (Å²) in [5, 5.41) is 19.9. The number of esters is 2. The number of carbonyl (C=O) groups is 2. The average Bonchev–Trinajstić information content (AvgIpc) is 3.00. The van der Waals surface area contributed by atoms with E-state index in [0.717, 1.165) is 44.4 Å². The normalized spacial score (nSPS) is 13.6. The molecule has 0 saturated carbocycles. The first kappa shape index (κ1) is 41.8. The van der Waals surface area contributed by atoms with Gasteiger partial charge in [0.2, 0.25) is 0 Å². The van der Waals surface area contributed by atoms with Crippen molar-refractivity contribution >= 4 is 11.9 Å². The molecule has 254 valence electrons. The van der Waals surface area contributed by atoms with Crippen LogP contribution in [0.2, 0.25) is 0 Å². The Kier molecular flexibility index (Phi) is 30.6. The van der Waals surface area contributed by atoms with Crippen LogP contribution in [-0.2, 0) is 19.1 Å². The Balaban J connectivity index is 3.65. The fourth-order valence-electron chi connectivity index (χ4n) is 4.58. The van der Waals surface area contributed by atoms with E-state index in [1.54, 1.807) is 6.08 Å². The molecule has 0 aliphatic rings. The molecule has 2 N–H and O–H groups in total. The first-order valence-corrected chi connectivity index (χ1v) is 17.7. The molecule has 0 amide bonds. The lowest BCUT2D eigenvalue weighted by molar-refractivity contribution is -0.152. The Morgan fingerprint density at radius 3 is 1.84 bits per heavy atom. The summed E-state index contributed by atoms with van der Waals surface area (Å²) in [6.07, 6.45) is 34.8. The third kappa shape index (κ3) is 32.7. The first-order valence-electron chi connectivity index (χ1n) is 17.7. The molecule has 0 heterocycles. The zero-order valence-electron chi connectivity index (χ0n) is 28.4. The second-order valence-corrected chi connectivity index (χ2v) is 12.3. The quantitative estimate of drug-likeness (QED) is 0.0360. The summed E-state index contributed by atoms with van der Waals surface area (Å²) in [5.41, 5.74) is 0. The van der Waals surface area contributed by atoms with Crippen LogP contribution in [0.4, 0.5) is 0 Å². The highest BCUT2D eigenvalue weighted by molar-refractivity contribution is 5.69. The van der Waals surface area contributed by atoms with Crippen LogP contribution in [0.25, 0.3) is 0 Å². The van der Waals surface area contributed by atoms with Gasteiger partial charge in [0.25, 0.3) is 0 Å². The van der Waals surface area contributed by atoms with Crippen LogP contribution in [0.3, 0.4) is 0 Å². The van der Waals surface area contributed by atoms with Crippen LogP contribution in [0.1, 0.15) is 149 Å². The van der Waals surface area contributed by atoms with Crippen molar-refractivity contribution < 1.29 is 29.3 Å². The molecule has 0 bridgehead atoms. The van der Waals surface area contributed by atoms with Crippen molar-refractivity contribution in [1.82, 2.24) is 0 Å². The average molecular weight is 619 g/mol. The number of carbonyl (C=O) groups excluding carboxylic acids is 2. The van der Waals surface area contributed by atoms with Gasteiger partial charge in [-0.1, -0.05) is 140 Å². The molecular weight excluding hydrogens is 552 g/mol. The van der Waals surface area contributed by atoms with Crippen molar-refractivity contribution in [3.8, 4) is 0 Å². The topological polar surface area (TPSA) is 93.1 Å². The van der Waals surface area contributed by atoms with Crippen molar-refractivity contribution in [2.45, 2.75) is 161 Å². The standard InChI is InChI=1S/C38H66O6/c1-4-5-6-7-18-23-28-35(39)29-24-19-14-11-12-16-21-26-31-38(42)44-33-36(40)32-43-37(41)30-25-20-15-10-8-9-13-17-22-27-34(2)3/h12,14,16,18-19,23-24,29,34-36,39-40H,4-11,13,15,17,20-22,25-28,30-33H2,1-3H3/b16-12-,19-14-,23-18-,29-24+/t35-,36+/m1/s1. The predicted molar refractivity (Wildman–Crippen MR) is 183 cm³/mol. The van der Waals surface area contributed by atoms with Gasteiger partial charge in [-0.15, -0.1) is 0 Å². The summed E-state index contributed by atoms with van der Waals surface area (Å²) in [7, 11) is 0. The molecule has 0 aromatic heterocycles. The number of hydrogen-bond acceptors (Lipinski definition) is 6. The van der Waals surface area contributed by atoms with Crippen LogP contribution in [0.15, 0.2) is 48.6 Å². The van der Waals surface area contributed by atoms with Crippen molar-refractivity contribution in [2.75, 3.05) is 13.2 Å². The maximum Gasteiger partial charge on any atom is 0.305 e. The molecular formula is C38H66O6. The van der Waals surface area contributed by atoms with Gasteiger partial charge >= 0.3 is 11.9 Å². The van der Waals surface area contributed by atoms with E-state index in [1.807, 2.05) is 36.5 Å². The fraction of sp³-hybridized carbons (Fsp3) is 0.737. The number of ether oxygens (including phenoxy) is 2. The van der Waals surface area contributed by atoms with Gasteiger partial charge in [0.1, 0.15) is 19.3 Å². The molecule has 0 rings (SSSR count). The van der Waals surface area contributed by atoms with Gasteiger partial charge in [0, 0.05) is 12.8 Å². The Morgan fingerprint density at radius 2 is 1.20 bits per heavy atom. The summed E-state index contributed by atoms with van der Waals surface area (Å²) in [6.45, 7) is 6.44. The number of allylic oxidation sites excluding steroid dienone is 6. The highest BCUT2D eigenvalue weighted by atomic mass is 16.6. The molecule has 6 nitrogen and oxygen atoms in total. The summed E-state index contributed by atoms with van der Waals surface area (Å²) < 4.78 is 10.2. The molecule has 0 unspecified atom stereocenters. The summed E-state index contributed by atoms with van der Waals surface area (Å²) in [4.78, 5) is 23.8. The van der Waals surface area contributed by atoms with Crippen LogP contribution in [0.5, 0.6) is 0 Å². The van der Waals surface area contributed by atoms with Gasteiger partial charge < -0.3 is 19.7 Å². The first-order chi connectivity index (χ1) is 21.3. The Hall–Kier alpha value is -2.18. The molecule has 2 atom stereocenters. The monoisotopic (exact) mass is 618 g/mol. The lowest BCUT2D eigenvalue weighted by Gasteiger charge is -2.12. The van der Waals surface area contributed by atoms with E-state index < -0.39 is 12.2 Å². The van der Waals surface area contributed by atoms with E-state index >= 15 is 0 Å². The Bertz CT molecular complexity index is 782. The van der Waals surface area contributed by atoms with E-state index in [2.05, 4.69) is 26.8 Å². The lowest BCUT2D eigenvalue weighted by atomic mass is 10.0. The molecule has 0 spiro atoms. The minimum atomic E-state index is -1.00. The molecule has 6 heteroatoms. The highest BCUT2D eigenvalue weighted by Gasteiger charge is 2.12. The van der Waals surface area contributed by atoms with Gasteiger partial charge in [-0.2, -0.15) is 0 Å². The highest BCUT2D eigenvalue weighted by Crippen LogP contribution is 2.13. The van der Waals surface area contributed by atoms with Gasteiger partial charge in [0.15, 0.2) is 0 Å². The maximum atomic E-state index is 11.9. The van der Waals surface area contributed by atoms with Crippen LogP contribution < -0.4 is 0 Å². The Morgan fingerprint density at radius 1 is 0.636 bits per heavy atom. The van der Waals surface area contributed by atoms with Crippen molar-refractivity contribution in [2.24, 2.45) is 5.92 Å². The summed E-state index contributed by atoms with van der Waals surface area (Å²) in [5.74, 6) is 0.139. The molecule has 0 radical (unpaired) electrons. The summed E-state index contributed by atoms with van der Waals surface area (Å²) >= 11 is 0. The van der Waals surface area contributed by atoms with Crippen LogP contribution in [0, 0.1) is 5.92 Å². The van der Waals surface area contributed by atoms with Gasteiger partial charge in [0.05, 0.1) is 6.10 Å². The number of unbranched alkanes of at least 4 members (excludes halogenated alkanes) is 12. The van der Waals surface area contributed by atoms with Gasteiger partial charge in [-0.25, -0.2) is 0 Å². The molecule has 44 heavy (non-hydrogen) atoms. The minimum Gasteiger partial charge on any atom is -0.463 e. The number of rotatable bonds is 30. The lowest BCUT2D eigenvalue weighted by Crippen LogP contribution is -2.25. The molecule has 0 aliphatic carbocycles. The Labute approximate surface area is 270 Å².